The van der Waals surface area contributed by atoms with Crippen LogP contribution in [0.15, 0.2) is 93.2 Å². The summed E-state index contributed by atoms with van der Waals surface area (Å²) in [5, 5.41) is 19.5. The molecule has 10 heteroatoms. The van der Waals surface area contributed by atoms with Gasteiger partial charge >= 0.3 is 5.97 Å². The molecule has 0 spiro atoms. The van der Waals surface area contributed by atoms with Crippen LogP contribution in [-0.2, 0) is 14.3 Å². The lowest BCUT2D eigenvalue weighted by Crippen LogP contribution is -2.31. The van der Waals surface area contributed by atoms with Crippen LogP contribution in [0, 0.1) is 18.3 Å². The monoisotopic (exact) mass is 556 g/mol. The van der Waals surface area contributed by atoms with Crippen molar-refractivity contribution in [3.05, 3.63) is 106 Å². The lowest BCUT2D eigenvalue weighted by atomic mass is 9.85. The number of amides is 2. The van der Waals surface area contributed by atoms with Gasteiger partial charge in [0, 0.05) is 17.1 Å². The Balaban J connectivity index is 1.55. The Morgan fingerprint density at radius 3 is 2.45 bits per heavy atom. The predicted octanol–water partition coefficient (Wildman–Crippen LogP) is 5.47. The van der Waals surface area contributed by atoms with Gasteiger partial charge in [-0.25, -0.2) is 4.79 Å². The Hall–Kier alpha value is -4.75. The Labute approximate surface area is 236 Å². The van der Waals surface area contributed by atoms with Crippen LogP contribution in [-0.4, -0.2) is 30.1 Å². The highest BCUT2D eigenvalue weighted by atomic mass is 32.2. The van der Waals surface area contributed by atoms with Crippen LogP contribution in [0.5, 0.6) is 0 Å². The van der Waals surface area contributed by atoms with Gasteiger partial charge in [-0.05, 0) is 68.8 Å². The average Bonchev–Trinajstić information content (AvgIpc) is 3.48. The third-order valence-corrected chi connectivity index (χ3v) is 7.16. The van der Waals surface area contributed by atoms with E-state index in [1.807, 2.05) is 31.2 Å². The second kappa shape index (κ2) is 12.9. The normalized spacial score (nSPS) is 14.7. The molecule has 40 heavy (non-hydrogen) atoms. The van der Waals surface area contributed by atoms with Crippen molar-refractivity contribution in [3.8, 4) is 6.07 Å². The fraction of sp³-hybridized carbons (Fsp3) is 0.200. The highest BCUT2D eigenvalue weighted by molar-refractivity contribution is 8.03. The number of anilines is 2. The maximum atomic E-state index is 13.5. The lowest BCUT2D eigenvalue weighted by molar-refractivity contribution is -0.114. The number of hydrogen-bond donors (Lipinski definition) is 3. The van der Waals surface area contributed by atoms with E-state index in [-0.39, 0.29) is 23.8 Å². The first-order chi connectivity index (χ1) is 19.3. The molecule has 0 saturated heterocycles. The van der Waals surface area contributed by atoms with Crippen LogP contribution in [0.25, 0.3) is 0 Å². The molecule has 0 saturated carbocycles. The zero-order valence-electron chi connectivity index (χ0n) is 22.2. The van der Waals surface area contributed by atoms with E-state index in [2.05, 4.69) is 22.0 Å². The second-order valence-electron chi connectivity index (χ2n) is 8.87. The van der Waals surface area contributed by atoms with Crippen LogP contribution < -0.4 is 16.0 Å². The molecule has 0 fully saturated rings. The molecule has 4 rings (SSSR count). The van der Waals surface area contributed by atoms with Gasteiger partial charge in [0.2, 0.25) is 5.91 Å². The minimum absolute atomic E-state index is 0.0499. The number of para-hydroxylation sites is 1. The molecule has 1 aliphatic rings. The Kier molecular flexibility index (Phi) is 9.09. The molecule has 0 radical (unpaired) electrons. The SMILES string of the molecule is CCOC(=O)c1ccc(NC(=O)C2=C(C)NC(SCC(=O)Nc3ccccc3C)=C(C#N)[C@@H]2c2ccco2)cc1. The van der Waals surface area contributed by atoms with Crippen molar-refractivity contribution in [2.45, 2.75) is 26.7 Å². The topological polar surface area (TPSA) is 133 Å². The first-order valence-corrected chi connectivity index (χ1v) is 13.5. The molecule has 1 aliphatic heterocycles. The molecule has 2 heterocycles. The van der Waals surface area contributed by atoms with E-state index in [1.165, 1.54) is 18.0 Å². The summed E-state index contributed by atoms with van der Waals surface area (Å²) in [5.74, 6) is -1.44. The zero-order chi connectivity index (χ0) is 28.6. The minimum atomic E-state index is -0.790. The predicted molar refractivity (Wildman–Crippen MR) is 153 cm³/mol. The van der Waals surface area contributed by atoms with E-state index >= 15 is 0 Å². The summed E-state index contributed by atoms with van der Waals surface area (Å²) in [5.41, 5.74) is 3.57. The summed E-state index contributed by atoms with van der Waals surface area (Å²) in [6.07, 6.45) is 1.48. The second-order valence-corrected chi connectivity index (χ2v) is 9.86. The van der Waals surface area contributed by atoms with Crippen molar-refractivity contribution in [1.82, 2.24) is 5.32 Å². The van der Waals surface area contributed by atoms with Crippen molar-refractivity contribution in [2.24, 2.45) is 0 Å². The van der Waals surface area contributed by atoms with Crippen LogP contribution in [0.3, 0.4) is 0 Å². The minimum Gasteiger partial charge on any atom is -0.468 e. The smallest absolute Gasteiger partial charge is 0.338 e. The summed E-state index contributed by atoms with van der Waals surface area (Å²) < 4.78 is 10.7. The number of carbonyl (C=O) groups excluding carboxylic acids is 3. The van der Waals surface area contributed by atoms with Crippen molar-refractivity contribution in [2.75, 3.05) is 23.0 Å². The van der Waals surface area contributed by atoms with Gasteiger partial charge in [-0.1, -0.05) is 30.0 Å². The molecule has 2 amide bonds. The molecule has 1 atom stereocenters. The summed E-state index contributed by atoms with van der Waals surface area (Å²) in [7, 11) is 0. The molecule has 2 aromatic carbocycles. The van der Waals surface area contributed by atoms with E-state index in [9.17, 15) is 19.6 Å². The number of furan rings is 1. The van der Waals surface area contributed by atoms with Crippen molar-refractivity contribution < 1.29 is 23.5 Å². The molecule has 0 bridgehead atoms. The van der Waals surface area contributed by atoms with Gasteiger partial charge in [0.25, 0.3) is 5.91 Å². The molecular weight excluding hydrogens is 528 g/mol. The van der Waals surface area contributed by atoms with E-state index in [0.717, 1.165) is 11.3 Å². The molecule has 3 aromatic rings. The van der Waals surface area contributed by atoms with E-state index in [0.29, 0.717) is 33.3 Å². The Bertz CT molecular complexity index is 1520. The molecule has 9 nitrogen and oxygen atoms in total. The Morgan fingerprint density at radius 2 is 1.80 bits per heavy atom. The van der Waals surface area contributed by atoms with E-state index in [4.69, 9.17) is 9.15 Å². The van der Waals surface area contributed by atoms with Gasteiger partial charge in [0.15, 0.2) is 0 Å². The first kappa shape index (κ1) is 28.3. The van der Waals surface area contributed by atoms with Gasteiger partial charge in [0.05, 0.1) is 52.3 Å². The van der Waals surface area contributed by atoms with Crippen LogP contribution in [0.1, 0.15) is 41.4 Å². The molecule has 0 unspecified atom stereocenters. The van der Waals surface area contributed by atoms with Crippen LogP contribution >= 0.6 is 11.8 Å². The molecule has 3 N–H and O–H groups in total. The lowest BCUT2D eigenvalue weighted by Gasteiger charge is -2.28. The number of allylic oxidation sites excluding steroid dienone is 2. The average molecular weight is 557 g/mol. The number of carbonyl (C=O) groups is 3. The highest BCUT2D eigenvalue weighted by Gasteiger charge is 2.36. The number of aryl methyl sites for hydroxylation is 1. The van der Waals surface area contributed by atoms with Crippen LogP contribution in [0.4, 0.5) is 11.4 Å². The number of hydrogen-bond acceptors (Lipinski definition) is 8. The van der Waals surface area contributed by atoms with Gasteiger partial charge in [-0.2, -0.15) is 5.26 Å². The van der Waals surface area contributed by atoms with Gasteiger partial charge < -0.3 is 25.1 Å². The van der Waals surface area contributed by atoms with Gasteiger partial charge in [0.1, 0.15) is 5.76 Å². The number of nitriles is 1. The number of benzene rings is 2. The maximum Gasteiger partial charge on any atom is 0.338 e. The number of esters is 1. The molecule has 1 aromatic heterocycles. The van der Waals surface area contributed by atoms with Crippen LogP contribution in [0.2, 0.25) is 0 Å². The molecular formula is C30H28N4O5S. The van der Waals surface area contributed by atoms with Gasteiger partial charge in [-0.15, -0.1) is 0 Å². The summed E-state index contributed by atoms with van der Waals surface area (Å²) >= 11 is 1.18. The zero-order valence-corrected chi connectivity index (χ0v) is 23.1. The molecule has 0 aliphatic carbocycles. The standard InChI is InChI=1S/C30H28N4O5S/c1-4-38-30(37)20-11-13-21(14-12-20)33-28(36)26-19(3)32-29(22(16-31)27(26)24-10-7-15-39-24)40-17-25(35)34-23-9-6-5-8-18(23)2/h5-15,27,32H,4,17H2,1-3H3,(H,33,36)(H,34,35)/t27-/m1/s1. The quantitative estimate of drug-likeness (QED) is 0.296. The van der Waals surface area contributed by atoms with E-state index < -0.39 is 17.8 Å². The van der Waals surface area contributed by atoms with Crippen molar-refractivity contribution in [1.29, 1.82) is 5.26 Å². The van der Waals surface area contributed by atoms with E-state index in [1.54, 1.807) is 50.2 Å². The summed E-state index contributed by atoms with van der Waals surface area (Å²) in [4.78, 5) is 38.2. The Morgan fingerprint density at radius 1 is 1.05 bits per heavy atom. The van der Waals surface area contributed by atoms with Gasteiger partial charge in [-0.3, -0.25) is 9.59 Å². The first-order valence-electron chi connectivity index (χ1n) is 12.5. The largest absolute Gasteiger partial charge is 0.468 e. The fourth-order valence-electron chi connectivity index (χ4n) is 4.21. The number of rotatable bonds is 9. The van der Waals surface area contributed by atoms with Crippen molar-refractivity contribution >= 4 is 40.9 Å². The maximum absolute atomic E-state index is 13.5. The summed E-state index contributed by atoms with van der Waals surface area (Å²) in [6.45, 7) is 5.63. The number of thioether (sulfide) groups is 1. The third kappa shape index (κ3) is 6.45. The number of ether oxygens (including phenoxy) is 1. The summed E-state index contributed by atoms with van der Waals surface area (Å²) in [6, 6.07) is 19.4. The highest BCUT2D eigenvalue weighted by Crippen LogP contribution is 2.41. The number of nitrogens with zero attached hydrogens (tertiary/aromatic N) is 1. The number of dihydropyridines is 1. The molecule has 204 valence electrons. The fourth-order valence-corrected chi connectivity index (χ4v) is 5.10. The third-order valence-electron chi connectivity index (χ3n) is 6.14. The van der Waals surface area contributed by atoms with Crippen molar-refractivity contribution in [3.63, 3.8) is 0 Å². The number of nitrogens with one attached hydrogen (secondary N) is 3.